The Balaban J connectivity index is 1.95. The van der Waals surface area contributed by atoms with Gasteiger partial charge in [0.15, 0.2) is 0 Å². The van der Waals surface area contributed by atoms with Crippen LogP contribution in [0.5, 0.6) is 0 Å². The summed E-state index contributed by atoms with van der Waals surface area (Å²) in [5.41, 5.74) is 0.979. The highest BCUT2D eigenvalue weighted by molar-refractivity contribution is 8.00. The molecular weight excluding hydrogens is 260 g/mol. The van der Waals surface area contributed by atoms with E-state index in [1.54, 1.807) is 12.3 Å². The molecule has 19 heavy (non-hydrogen) atoms. The molecule has 2 rings (SSSR count). The Labute approximate surface area is 118 Å². The Hall–Kier alpha value is -1.23. The van der Waals surface area contributed by atoms with Crippen molar-refractivity contribution in [3.05, 3.63) is 24.0 Å². The molecule has 0 spiro atoms. The van der Waals surface area contributed by atoms with Gasteiger partial charge in [0.1, 0.15) is 5.69 Å². The number of nitrogens with zero attached hydrogens (tertiary/aromatic N) is 1. The summed E-state index contributed by atoms with van der Waals surface area (Å²) in [5.74, 6) is -0.987. The molecule has 0 atom stereocenters. The van der Waals surface area contributed by atoms with Crippen LogP contribution in [0.15, 0.2) is 18.3 Å². The van der Waals surface area contributed by atoms with Gasteiger partial charge >= 0.3 is 5.97 Å². The number of carboxylic acids is 1. The number of anilines is 1. The smallest absolute Gasteiger partial charge is 0.354 e. The molecule has 0 aliphatic heterocycles. The van der Waals surface area contributed by atoms with Crippen molar-refractivity contribution >= 4 is 23.4 Å². The maximum absolute atomic E-state index is 10.7. The largest absolute Gasteiger partial charge is 0.477 e. The summed E-state index contributed by atoms with van der Waals surface area (Å²) in [4.78, 5) is 14.7. The van der Waals surface area contributed by atoms with Crippen molar-refractivity contribution in [1.82, 2.24) is 4.98 Å². The first-order valence-electron chi connectivity index (χ1n) is 6.64. The lowest BCUT2D eigenvalue weighted by Crippen LogP contribution is -2.35. The van der Waals surface area contributed by atoms with E-state index in [-0.39, 0.29) is 5.69 Å². The molecule has 2 N–H and O–H groups in total. The number of carbonyl (C=O) groups is 1. The Morgan fingerprint density at radius 1 is 1.42 bits per heavy atom. The van der Waals surface area contributed by atoms with E-state index in [9.17, 15) is 4.79 Å². The van der Waals surface area contributed by atoms with Crippen LogP contribution in [-0.2, 0) is 0 Å². The Kier molecular flexibility index (Phi) is 4.69. The second kappa shape index (κ2) is 6.28. The first-order valence-corrected chi connectivity index (χ1v) is 7.86. The lowest BCUT2D eigenvalue weighted by Gasteiger charge is -2.36. The molecule has 4 nitrogen and oxygen atoms in total. The molecule has 1 fully saturated rings. The van der Waals surface area contributed by atoms with Gasteiger partial charge in [-0.3, -0.25) is 0 Å². The zero-order valence-corrected chi connectivity index (χ0v) is 12.0. The van der Waals surface area contributed by atoms with E-state index in [2.05, 4.69) is 16.6 Å². The van der Waals surface area contributed by atoms with Gasteiger partial charge in [0.2, 0.25) is 0 Å². The average Bonchev–Trinajstić information content (AvgIpc) is 2.46. The van der Waals surface area contributed by atoms with Crippen molar-refractivity contribution in [2.75, 3.05) is 18.1 Å². The highest BCUT2D eigenvalue weighted by Gasteiger charge is 2.30. The fraction of sp³-hybridized carbons (Fsp3) is 0.571. The number of nitrogens with one attached hydrogen (secondary N) is 1. The minimum absolute atomic E-state index is 0.0859. The van der Waals surface area contributed by atoms with Gasteiger partial charge in [-0.2, -0.15) is 11.8 Å². The van der Waals surface area contributed by atoms with Crippen molar-refractivity contribution in [2.24, 2.45) is 0 Å². The number of hydrogen-bond acceptors (Lipinski definition) is 4. The van der Waals surface area contributed by atoms with Gasteiger partial charge in [0, 0.05) is 11.3 Å². The van der Waals surface area contributed by atoms with Crippen molar-refractivity contribution in [2.45, 2.75) is 36.9 Å². The van der Waals surface area contributed by atoms with Gasteiger partial charge < -0.3 is 10.4 Å². The standard InChI is InChI=1S/C14H20N2O2S/c1-19-14(7-3-2-4-8-14)10-16-11-5-6-12(13(17)18)15-9-11/h5-6,9,16H,2-4,7-8,10H2,1H3,(H,17,18). The fourth-order valence-corrected chi connectivity index (χ4v) is 3.45. The highest BCUT2D eigenvalue weighted by Crippen LogP contribution is 2.38. The maximum atomic E-state index is 10.7. The Morgan fingerprint density at radius 3 is 2.68 bits per heavy atom. The molecule has 1 aliphatic carbocycles. The molecule has 0 bridgehead atoms. The van der Waals surface area contributed by atoms with Crippen LogP contribution < -0.4 is 5.32 Å². The molecule has 1 heterocycles. The van der Waals surface area contributed by atoms with E-state index in [1.165, 1.54) is 38.2 Å². The van der Waals surface area contributed by atoms with E-state index in [0.29, 0.717) is 4.75 Å². The van der Waals surface area contributed by atoms with Crippen LogP contribution in [0.4, 0.5) is 5.69 Å². The summed E-state index contributed by atoms with van der Waals surface area (Å²) in [5, 5.41) is 12.2. The number of pyridine rings is 1. The third-order valence-electron chi connectivity index (χ3n) is 3.80. The predicted octanol–water partition coefficient (Wildman–Crippen LogP) is 3.26. The Morgan fingerprint density at radius 2 is 2.16 bits per heavy atom. The van der Waals surface area contributed by atoms with Crippen LogP contribution in [0, 0.1) is 0 Å². The average molecular weight is 280 g/mol. The van der Waals surface area contributed by atoms with Gasteiger partial charge in [0.05, 0.1) is 11.9 Å². The molecule has 0 unspecified atom stereocenters. The summed E-state index contributed by atoms with van der Waals surface area (Å²) < 4.78 is 0.323. The molecule has 0 radical (unpaired) electrons. The van der Waals surface area contributed by atoms with Gasteiger partial charge in [-0.25, -0.2) is 9.78 Å². The summed E-state index contributed by atoms with van der Waals surface area (Å²) in [6.45, 7) is 0.919. The monoisotopic (exact) mass is 280 g/mol. The summed E-state index contributed by atoms with van der Waals surface area (Å²) in [7, 11) is 0. The number of aromatic nitrogens is 1. The second-order valence-corrected chi connectivity index (χ2v) is 6.31. The van der Waals surface area contributed by atoms with Crippen molar-refractivity contribution in [3.63, 3.8) is 0 Å². The highest BCUT2D eigenvalue weighted by atomic mass is 32.2. The lowest BCUT2D eigenvalue weighted by molar-refractivity contribution is 0.0690. The van der Waals surface area contributed by atoms with Crippen LogP contribution in [0.1, 0.15) is 42.6 Å². The first-order chi connectivity index (χ1) is 9.15. The number of aromatic carboxylic acids is 1. The minimum Gasteiger partial charge on any atom is -0.477 e. The van der Waals surface area contributed by atoms with Crippen LogP contribution in [0.3, 0.4) is 0 Å². The molecule has 1 aliphatic rings. The Bertz CT molecular complexity index is 428. The zero-order valence-electron chi connectivity index (χ0n) is 11.2. The molecule has 0 aromatic carbocycles. The summed E-state index contributed by atoms with van der Waals surface area (Å²) in [6.07, 6.45) is 10.2. The molecule has 0 saturated heterocycles. The van der Waals surface area contributed by atoms with Crippen LogP contribution in [0.2, 0.25) is 0 Å². The lowest BCUT2D eigenvalue weighted by atomic mass is 9.88. The molecule has 1 aromatic rings. The normalized spacial score (nSPS) is 17.9. The van der Waals surface area contributed by atoms with E-state index < -0.39 is 5.97 Å². The van der Waals surface area contributed by atoms with Gasteiger partial charge in [0.25, 0.3) is 0 Å². The van der Waals surface area contributed by atoms with Crippen molar-refractivity contribution in [3.8, 4) is 0 Å². The minimum atomic E-state index is -0.987. The van der Waals surface area contributed by atoms with Crippen molar-refractivity contribution < 1.29 is 9.90 Å². The summed E-state index contributed by atoms with van der Waals surface area (Å²) >= 11 is 1.94. The van der Waals surface area contributed by atoms with E-state index in [4.69, 9.17) is 5.11 Å². The van der Waals surface area contributed by atoms with E-state index in [1.807, 2.05) is 11.8 Å². The number of hydrogen-bond donors (Lipinski definition) is 2. The van der Waals surface area contributed by atoms with Crippen LogP contribution in [0.25, 0.3) is 0 Å². The van der Waals surface area contributed by atoms with E-state index in [0.717, 1.165) is 12.2 Å². The SMILES string of the molecule is CSC1(CNc2ccc(C(=O)O)nc2)CCCCC1. The van der Waals surface area contributed by atoms with Crippen molar-refractivity contribution in [1.29, 1.82) is 0 Å². The van der Waals surface area contributed by atoms with Gasteiger partial charge in [-0.15, -0.1) is 0 Å². The molecule has 104 valence electrons. The molecular formula is C14H20N2O2S. The van der Waals surface area contributed by atoms with Gasteiger partial charge in [-0.1, -0.05) is 19.3 Å². The maximum Gasteiger partial charge on any atom is 0.354 e. The third kappa shape index (κ3) is 3.62. The van der Waals surface area contributed by atoms with Crippen LogP contribution in [-0.4, -0.2) is 33.6 Å². The number of thioether (sulfide) groups is 1. The topological polar surface area (TPSA) is 62.2 Å². The predicted molar refractivity (Wildman–Crippen MR) is 79.0 cm³/mol. The van der Waals surface area contributed by atoms with Crippen LogP contribution >= 0.6 is 11.8 Å². The zero-order chi connectivity index (χ0) is 13.7. The molecule has 0 amide bonds. The summed E-state index contributed by atoms with van der Waals surface area (Å²) in [6, 6.07) is 3.32. The molecule has 5 heteroatoms. The van der Waals surface area contributed by atoms with Gasteiger partial charge in [-0.05, 0) is 31.2 Å². The number of carboxylic acid groups (broad SMARTS) is 1. The fourth-order valence-electron chi connectivity index (χ4n) is 2.54. The molecule has 1 aromatic heterocycles. The quantitative estimate of drug-likeness (QED) is 0.867. The first kappa shape index (κ1) is 14.2. The molecule has 1 saturated carbocycles. The van der Waals surface area contributed by atoms with E-state index >= 15 is 0 Å². The number of rotatable bonds is 5. The third-order valence-corrected chi connectivity index (χ3v) is 5.21. The second-order valence-electron chi connectivity index (χ2n) is 5.04.